The van der Waals surface area contributed by atoms with Crippen LogP contribution in [0.2, 0.25) is 0 Å². The molecule has 4 nitrogen and oxygen atoms in total. The van der Waals surface area contributed by atoms with Gasteiger partial charge in [0.15, 0.2) is 0 Å². The molecule has 0 unspecified atom stereocenters. The van der Waals surface area contributed by atoms with E-state index in [0.29, 0.717) is 4.47 Å². The highest BCUT2D eigenvalue weighted by atomic mass is 79.9. The first-order chi connectivity index (χ1) is 6.59. The van der Waals surface area contributed by atoms with E-state index in [-0.39, 0.29) is 18.1 Å². The normalized spacial score (nSPS) is 10.0. The molecule has 2 heterocycles. The molecule has 0 saturated heterocycles. The molecule has 0 spiro atoms. The Morgan fingerprint density at radius 3 is 2.80 bits per heavy atom. The first-order valence-electron chi connectivity index (χ1n) is 3.66. The zero-order valence-corrected chi connectivity index (χ0v) is 9.55. The number of pyridine rings is 1. The number of imidazole rings is 1. The van der Waals surface area contributed by atoms with Crippen molar-refractivity contribution in [3.05, 3.63) is 34.4 Å². The van der Waals surface area contributed by atoms with Crippen molar-refractivity contribution in [3.8, 4) is 0 Å². The maximum atomic E-state index is 13.4. The summed E-state index contributed by atoms with van der Waals surface area (Å²) in [6.07, 6.45) is 1.42. The van der Waals surface area contributed by atoms with E-state index in [1.165, 1.54) is 12.3 Å². The van der Waals surface area contributed by atoms with Crippen LogP contribution >= 0.6 is 28.3 Å². The minimum Gasteiger partial charge on any atom is -0.476 e. The van der Waals surface area contributed by atoms with E-state index in [1.54, 1.807) is 6.07 Å². The predicted octanol–water partition coefficient (Wildman–Crippen LogP) is 2.36. The summed E-state index contributed by atoms with van der Waals surface area (Å²) in [5.74, 6) is -2.24. The van der Waals surface area contributed by atoms with Gasteiger partial charge in [-0.15, -0.1) is 12.4 Å². The van der Waals surface area contributed by atoms with Gasteiger partial charge in [-0.3, -0.25) is 4.40 Å². The fourth-order valence-electron chi connectivity index (χ4n) is 1.13. The van der Waals surface area contributed by atoms with Crippen LogP contribution in [0.3, 0.4) is 0 Å². The molecule has 2 aromatic heterocycles. The number of aromatic nitrogens is 2. The van der Waals surface area contributed by atoms with Gasteiger partial charge in [-0.2, -0.15) is 4.39 Å². The van der Waals surface area contributed by atoms with Crippen molar-refractivity contribution < 1.29 is 14.3 Å². The SMILES string of the molecule is Cl.O=C(O)c1nc2ccc(Br)cn2c1F. The zero-order chi connectivity index (χ0) is 10.3. The highest BCUT2D eigenvalue weighted by Gasteiger charge is 2.17. The van der Waals surface area contributed by atoms with Crippen LogP contribution in [0.5, 0.6) is 0 Å². The van der Waals surface area contributed by atoms with Crippen molar-refractivity contribution in [2.75, 3.05) is 0 Å². The number of nitrogens with zero attached hydrogens (tertiary/aromatic N) is 2. The van der Waals surface area contributed by atoms with Crippen LogP contribution in [-0.4, -0.2) is 20.5 Å². The molecule has 0 atom stereocenters. The van der Waals surface area contributed by atoms with Gasteiger partial charge in [0.05, 0.1) is 0 Å². The summed E-state index contributed by atoms with van der Waals surface area (Å²) in [5.41, 5.74) is -0.300. The monoisotopic (exact) mass is 294 g/mol. The van der Waals surface area contributed by atoms with Crippen LogP contribution in [0.1, 0.15) is 10.5 Å². The summed E-state index contributed by atoms with van der Waals surface area (Å²) in [5, 5.41) is 8.61. The molecule has 0 saturated carbocycles. The molecule has 1 N–H and O–H groups in total. The quantitative estimate of drug-likeness (QED) is 0.878. The lowest BCUT2D eigenvalue weighted by molar-refractivity contribution is 0.0685. The summed E-state index contributed by atoms with van der Waals surface area (Å²) in [6.45, 7) is 0. The van der Waals surface area contributed by atoms with Gasteiger partial charge in [-0.1, -0.05) is 0 Å². The van der Waals surface area contributed by atoms with Crippen LogP contribution < -0.4 is 0 Å². The summed E-state index contributed by atoms with van der Waals surface area (Å²) in [7, 11) is 0. The Bertz CT molecular complexity index is 529. The highest BCUT2D eigenvalue weighted by Crippen LogP contribution is 2.15. The van der Waals surface area contributed by atoms with Gasteiger partial charge in [0.2, 0.25) is 11.6 Å². The first-order valence-corrected chi connectivity index (χ1v) is 4.45. The minimum atomic E-state index is -1.37. The lowest BCUT2D eigenvalue weighted by Crippen LogP contribution is -2.00. The molecular weight excluding hydrogens is 290 g/mol. The molecule has 0 aromatic carbocycles. The van der Waals surface area contributed by atoms with Crippen molar-refractivity contribution in [2.24, 2.45) is 0 Å². The Morgan fingerprint density at radius 2 is 2.20 bits per heavy atom. The van der Waals surface area contributed by atoms with E-state index in [4.69, 9.17) is 5.11 Å². The molecule has 0 radical (unpaired) electrons. The number of carboxylic acid groups (broad SMARTS) is 1. The molecule has 0 aliphatic rings. The Labute approximate surface area is 98.3 Å². The topological polar surface area (TPSA) is 54.6 Å². The fourth-order valence-corrected chi connectivity index (χ4v) is 1.46. The van der Waals surface area contributed by atoms with Gasteiger partial charge >= 0.3 is 5.97 Å². The molecule has 2 aromatic rings. The second-order valence-corrected chi connectivity index (χ2v) is 3.55. The first kappa shape index (κ1) is 11.9. The zero-order valence-electron chi connectivity index (χ0n) is 7.15. The number of hydrogen-bond donors (Lipinski definition) is 1. The Balaban J connectivity index is 0.00000112. The molecule has 7 heteroatoms. The number of fused-ring (bicyclic) bond motifs is 1. The fraction of sp³-hybridized carbons (Fsp3) is 0. The number of aromatic carboxylic acids is 1. The van der Waals surface area contributed by atoms with Gasteiger partial charge < -0.3 is 5.11 Å². The predicted molar refractivity (Wildman–Crippen MR) is 57.1 cm³/mol. The number of carbonyl (C=O) groups is 1. The van der Waals surface area contributed by atoms with Gasteiger partial charge in [-0.25, -0.2) is 9.78 Å². The van der Waals surface area contributed by atoms with E-state index in [1.807, 2.05) is 0 Å². The molecule has 0 fully saturated rings. The largest absolute Gasteiger partial charge is 0.476 e. The third-order valence-corrected chi connectivity index (χ3v) is 2.20. The summed E-state index contributed by atoms with van der Waals surface area (Å²) < 4.78 is 15.1. The van der Waals surface area contributed by atoms with Crippen LogP contribution in [0.4, 0.5) is 4.39 Å². The van der Waals surface area contributed by atoms with Gasteiger partial charge in [0, 0.05) is 10.7 Å². The molecule has 0 aliphatic heterocycles. The van der Waals surface area contributed by atoms with Crippen molar-refractivity contribution in [1.82, 2.24) is 9.38 Å². The average molecular weight is 295 g/mol. The second-order valence-electron chi connectivity index (χ2n) is 2.63. The number of carboxylic acids is 1. The number of hydrogen-bond acceptors (Lipinski definition) is 2. The second kappa shape index (κ2) is 4.16. The maximum Gasteiger partial charge on any atom is 0.359 e. The van der Waals surface area contributed by atoms with Gasteiger partial charge in [0.25, 0.3) is 0 Å². The smallest absolute Gasteiger partial charge is 0.359 e. The van der Waals surface area contributed by atoms with E-state index >= 15 is 0 Å². The Hall–Kier alpha value is -1.14. The highest BCUT2D eigenvalue weighted by molar-refractivity contribution is 9.10. The van der Waals surface area contributed by atoms with Crippen molar-refractivity contribution in [2.45, 2.75) is 0 Å². The van der Waals surface area contributed by atoms with Crippen LogP contribution in [-0.2, 0) is 0 Å². The molecule has 80 valence electrons. The van der Waals surface area contributed by atoms with Crippen LogP contribution in [0.15, 0.2) is 22.8 Å². The number of rotatable bonds is 1. The standard InChI is InChI=1S/C8H4BrFN2O2.ClH/c9-4-1-2-5-11-6(8(13)14)7(10)12(5)3-4;/h1-3H,(H,13,14);1H. The summed E-state index contributed by atoms with van der Waals surface area (Å²) >= 11 is 3.15. The van der Waals surface area contributed by atoms with Crippen molar-refractivity contribution >= 4 is 40.0 Å². The van der Waals surface area contributed by atoms with Gasteiger partial charge in [-0.05, 0) is 28.1 Å². The molecule has 2 rings (SSSR count). The van der Waals surface area contributed by atoms with Crippen molar-refractivity contribution in [3.63, 3.8) is 0 Å². The van der Waals surface area contributed by atoms with E-state index in [0.717, 1.165) is 4.40 Å². The third-order valence-electron chi connectivity index (χ3n) is 1.73. The molecule has 0 amide bonds. The van der Waals surface area contributed by atoms with Gasteiger partial charge in [0.1, 0.15) is 5.65 Å². The summed E-state index contributed by atoms with van der Waals surface area (Å²) in [4.78, 5) is 14.2. The molecule has 0 bridgehead atoms. The Morgan fingerprint density at radius 1 is 1.53 bits per heavy atom. The summed E-state index contributed by atoms with van der Waals surface area (Å²) in [6, 6.07) is 3.19. The maximum absolute atomic E-state index is 13.4. The number of halogens is 3. The molecule has 15 heavy (non-hydrogen) atoms. The third kappa shape index (κ3) is 1.95. The van der Waals surface area contributed by atoms with Crippen LogP contribution in [0.25, 0.3) is 5.65 Å². The molecular formula is C8H5BrClFN2O2. The lowest BCUT2D eigenvalue weighted by atomic mass is 10.5. The minimum absolute atomic E-state index is 0. The van der Waals surface area contributed by atoms with E-state index < -0.39 is 17.6 Å². The molecule has 0 aliphatic carbocycles. The van der Waals surface area contributed by atoms with E-state index in [2.05, 4.69) is 20.9 Å². The van der Waals surface area contributed by atoms with E-state index in [9.17, 15) is 9.18 Å². The Kier molecular flexibility index (Phi) is 3.31. The average Bonchev–Trinajstić information content (AvgIpc) is 2.44. The van der Waals surface area contributed by atoms with Crippen LogP contribution in [0, 0.1) is 5.95 Å². The lowest BCUT2D eigenvalue weighted by Gasteiger charge is -1.93. The van der Waals surface area contributed by atoms with Crippen molar-refractivity contribution in [1.29, 1.82) is 0 Å².